The van der Waals surface area contributed by atoms with Crippen LogP contribution in [-0.4, -0.2) is 33.7 Å². The van der Waals surface area contributed by atoms with E-state index in [1.165, 1.54) is 11.1 Å². The minimum atomic E-state index is -0.151. The Kier molecular flexibility index (Phi) is 3.98. The van der Waals surface area contributed by atoms with Crippen LogP contribution in [0.2, 0.25) is 0 Å². The number of amides is 1. The predicted molar refractivity (Wildman–Crippen MR) is 86.7 cm³/mol. The Morgan fingerprint density at radius 3 is 2.77 bits per heavy atom. The van der Waals surface area contributed by atoms with Gasteiger partial charge in [-0.25, -0.2) is 0 Å². The Hall–Kier alpha value is -2.14. The molecule has 1 aromatic carbocycles. The van der Waals surface area contributed by atoms with Gasteiger partial charge in [-0.3, -0.25) is 14.4 Å². The maximum atomic E-state index is 12.6. The zero-order valence-corrected chi connectivity index (χ0v) is 13.3. The first-order chi connectivity index (χ1) is 10.6. The van der Waals surface area contributed by atoms with Gasteiger partial charge in [0.2, 0.25) is 5.91 Å². The lowest BCUT2D eigenvalue weighted by molar-refractivity contribution is -0.121. The van der Waals surface area contributed by atoms with Gasteiger partial charge in [-0.1, -0.05) is 24.3 Å². The Labute approximate surface area is 130 Å². The van der Waals surface area contributed by atoms with Crippen molar-refractivity contribution in [2.45, 2.75) is 39.4 Å². The van der Waals surface area contributed by atoms with Crippen LogP contribution < -0.4 is 5.32 Å². The molecule has 116 valence electrons. The summed E-state index contributed by atoms with van der Waals surface area (Å²) in [6.07, 6.45) is 0.742. The van der Waals surface area contributed by atoms with Crippen molar-refractivity contribution >= 4 is 11.7 Å². The summed E-state index contributed by atoms with van der Waals surface area (Å²) < 4.78 is 1.88. The van der Waals surface area contributed by atoms with E-state index in [0.29, 0.717) is 5.82 Å². The number of hydrogen-bond donors (Lipinski definition) is 1. The van der Waals surface area contributed by atoms with E-state index in [4.69, 9.17) is 0 Å². The normalized spacial score (nSPS) is 18.0. The molecule has 5 heteroatoms. The number of nitrogens with zero attached hydrogens (tertiary/aromatic N) is 3. The average Bonchev–Trinajstić information content (AvgIpc) is 2.86. The fourth-order valence-corrected chi connectivity index (χ4v) is 3.05. The summed E-state index contributed by atoms with van der Waals surface area (Å²) in [4.78, 5) is 14.7. The Morgan fingerprint density at radius 1 is 1.36 bits per heavy atom. The van der Waals surface area contributed by atoms with Crippen LogP contribution in [0.3, 0.4) is 0 Å². The van der Waals surface area contributed by atoms with E-state index in [9.17, 15) is 4.79 Å². The first-order valence-electron chi connectivity index (χ1n) is 7.71. The summed E-state index contributed by atoms with van der Waals surface area (Å²) in [5.41, 5.74) is 3.62. The highest BCUT2D eigenvalue weighted by molar-refractivity contribution is 5.94. The van der Waals surface area contributed by atoms with Gasteiger partial charge in [-0.05, 0) is 38.4 Å². The Bertz CT molecular complexity index is 692. The molecule has 1 atom stereocenters. The third kappa shape index (κ3) is 2.76. The number of hydrogen-bond acceptors (Lipinski definition) is 3. The number of likely N-dealkylation sites (N-methyl/N-ethyl adjacent to an activating group) is 1. The standard InChI is InChI=1S/C17H22N4O/c1-4-21-12(2)9-16(19-21)18-17(22)15-10-13-7-5-6-8-14(13)11-20(15)3/h5-9,15H,4,10-11H2,1-3H3,(H,18,19,22)/t15-/m1/s1. The minimum Gasteiger partial charge on any atom is -0.308 e. The van der Waals surface area contributed by atoms with Gasteiger partial charge in [-0.2, -0.15) is 5.10 Å². The van der Waals surface area contributed by atoms with Crippen molar-refractivity contribution in [3.8, 4) is 0 Å². The molecule has 1 N–H and O–H groups in total. The number of aryl methyl sites for hydroxylation is 2. The van der Waals surface area contributed by atoms with Crippen molar-refractivity contribution in [1.82, 2.24) is 14.7 Å². The van der Waals surface area contributed by atoms with Gasteiger partial charge in [0.25, 0.3) is 0 Å². The zero-order valence-electron chi connectivity index (χ0n) is 13.3. The van der Waals surface area contributed by atoms with Crippen molar-refractivity contribution in [3.63, 3.8) is 0 Å². The van der Waals surface area contributed by atoms with E-state index < -0.39 is 0 Å². The van der Waals surface area contributed by atoms with Crippen LogP contribution in [0, 0.1) is 6.92 Å². The summed E-state index contributed by atoms with van der Waals surface area (Å²) in [6, 6.07) is 10.1. The highest BCUT2D eigenvalue weighted by atomic mass is 16.2. The number of anilines is 1. The van der Waals surface area contributed by atoms with Crippen LogP contribution in [0.15, 0.2) is 30.3 Å². The maximum absolute atomic E-state index is 12.6. The number of nitrogens with one attached hydrogen (secondary N) is 1. The van der Waals surface area contributed by atoms with Gasteiger partial charge in [0, 0.05) is 24.8 Å². The molecule has 22 heavy (non-hydrogen) atoms. The van der Waals surface area contributed by atoms with Gasteiger partial charge < -0.3 is 5.32 Å². The molecule has 5 nitrogen and oxygen atoms in total. The average molecular weight is 298 g/mol. The Morgan fingerprint density at radius 2 is 2.09 bits per heavy atom. The number of aromatic nitrogens is 2. The van der Waals surface area contributed by atoms with Crippen molar-refractivity contribution < 1.29 is 4.79 Å². The summed E-state index contributed by atoms with van der Waals surface area (Å²) >= 11 is 0. The highest BCUT2D eigenvalue weighted by Crippen LogP contribution is 2.22. The van der Waals surface area contributed by atoms with Gasteiger partial charge in [0.1, 0.15) is 0 Å². The first-order valence-corrected chi connectivity index (χ1v) is 7.71. The van der Waals surface area contributed by atoms with E-state index in [1.807, 2.05) is 43.8 Å². The second kappa shape index (κ2) is 5.93. The molecule has 2 aromatic rings. The predicted octanol–water partition coefficient (Wildman–Crippen LogP) is 2.21. The van der Waals surface area contributed by atoms with Crippen LogP contribution in [-0.2, 0) is 24.3 Å². The molecule has 1 amide bonds. The summed E-state index contributed by atoms with van der Waals surface area (Å²) in [7, 11) is 2.00. The third-order valence-electron chi connectivity index (χ3n) is 4.32. The molecule has 0 aliphatic carbocycles. The van der Waals surface area contributed by atoms with Gasteiger partial charge in [-0.15, -0.1) is 0 Å². The lowest BCUT2D eigenvalue weighted by Crippen LogP contribution is -2.45. The molecular weight excluding hydrogens is 276 g/mol. The van der Waals surface area contributed by atoms with Gasteiger partial charge in [0.05, 0.1) is 6.04 Å². The van der Waals surface area contributed by atoms with Crippen LogP contribution >= 0.6 is 0 Å². The first kappa shape index (κ1) is 14.8. The second-order valence-electron chi connectivity index (χ2n) is 5.88. The maximum Gasteiger partial charge on any atom is 0.243 e. The van der Waals surface area contributed by atoms with Crippen molar-refractivity contribution in [1.29, 1.82) is 0 Å². The Balaban J connectivity index is 1.75. The quantitative estimate of drug-likeness (QED) is 0.945. The van der Waals surface area contributed by atoms with Gasteiger partial charge >= 0.3 is 0 Å². The summed E-state index contributed by atoms with van der Waals surface area (Å²) in [6.45, 7) is 5.64. The molecule has 2 heterocycles. The SMILES string of the molecule is CCn1nc(NC(=O)[C@H]2Cc3ccccc3CN2C)cc1C. The highest BCUT2D eigenvalue weighted by Gasteiger charge is 2.29. The third-order valence-corrected chi connectivity index (χ3v) is 4.32. The molecule has 0 saturated carbocycles. The summed E-state index contributed by atoms with van der Waals surface area (Å²) in [5.74, 6) is 0.648. The lowest BCUT2D eigenvalue weighted by atomic mass is 9.94. The van der Waals surface area contributed by atoms with Crippen LogP contribution in [0.25, 0.3) is 0 Å². The van der Waals surface area contributed by atoms with Crippen molar-refractivity contribution in [3.05, 3.63) is 47.2 Å². The molecule has 3 rings (SSSR count). The number of carbonyl (C=O) groups is 1. The van der Waals surface area contributed by atoms with E-state index in [2.05, 4.69) is 27.4 Å². The largest absolute Gasteiger partial charge is 0.308 e. The molecular formula is C17H22N4O. The number of rotatable bonds is 3. The monoisotopic (exact) mass is 298 g/mol. The molecule has 0 radical (unpaired) electrons. The molecule has 0 unspecified atom stereocenters. The molecule has 0 bridgehead atoms. The molecule has 0 fully saturated rings. The minimum absolute atomic E-state index is 0.0118. The van der Waals surface area contributed by atoms with E-state index >= 15 is 0 Å². The van der Waals surface area contributed by atoms with Crippen molar-refractivity contribution in [2.24, 2.45) is 0 Å². The molecule has 1 aromatic heterocycles. The van der Waals surface area contributed by atoms with Crippen LogP contribution in [0.1, 0.15) is 23.7 Å². The number of benzene rings is 1. The van der Waals surface area contributed by atoms with Gasteiger partial charge in [0.15, 0.2) is 5.82 Å². The lowest BCUT2D eigenvalue weighted by Gasteiger charge is -2.32. The van der Waals surface area contributed by atoms with Crippen LogP contribution in [0.4, 0.5) is 5.82 Å². The number of fused-ring (bicyclic) bond motifs is 1. The molecule has 0 saturated heterocycles. The van der Waals surface area contributed by atoms with E-state index in [-0.39, 0.29) is 11.9 Å². The van der Waals surface area contributed by atoms with Crippen LogP contribution in [0.5, 0.6) is 0 Å². The van der Waals surface area contributed by atoms with E-state index in [0.717, 1.165) is 25.2 Å². The molecule has 0 spiro atoms. The van der Waals surface area contributed by atoms with E-state index in [1.54, 1.807) is 0 Å². The molecule has 1 aliphatic heterocycles. The topological polar surface area (TPSA) is 50.2 Å². The molecule has 1 aliphatic rings. The second-order valence-corrected chi connectivity index (χ2v) is 5.88. The smallest absolute Gasteiger partial charge is 0.243 e. The number of carbonyl (C=O) groups excluding carboxylic acids is 1. The summed E-state index contributed by atoms with van der Waals surface area (Å²) in [5, 5.41) is 7.35. The van der Waals surface area contributed by atoms with Crippen molar-refractivity contribution in [2.75, 3.05) is 12.4 Å². The zero-order chi connectivity index (χ0) is 15.7. The fourth-order valence-electron chi connectivity index (χ4n) is 3.05. The fraction of sp³-hybridized carbons (Fsp3) is 0.412.